The summed E-state index contributed by atoms with van der Waals surface area (Å²) in [6.45, 7) is 0. The first-order valence-electron chi connectivity index (χ1n) is 5.71. The van der Waals surface area contributed by atoms with Crippen molar-refractivity contribution >= 4 is 5.91 Å². The predicted octanol–water partition coefficient (Wildman–Crippen LogP) is 2.16. The van der Waals surface area contributed by atoms with E-state index in [1.165, 1.54) is 19.3 Å². The smallest absolute Gasteiger partial charge is 0.226 e. The molecular formula is C12H18N2O. The number of hydrogen-bond donors (Lipinski definition) is 2. The number of carbonyl (C=O) groups is 1. The minimum atomic E-state index is -0.190. The van der Waals surface area contributed by atoms with Gasteiger partial charge in [-0.25, -0.2) is 0 Å². The average Bonchev–Trinajstić information content (AvgIpc) is 2.72. The highest BCUT2D eigenvalue weighted by molar-refractivity contribution is 5.81. The van der Waals surface area contributed by atoms with Crippen LogP contribution in [0.4, 0.5) is 0 Å². The number of primary amides is 1. The lowest BCUT2D eigenvalue weighted by Gasteiger charge is -2.27. The Kier molecular flexibility index (Phi) is 3.09. The van der Waals surface area contributed by atoms with E-state index in [4.69, 9.17) is 5.73 Å². The van der Waals surface area contributed by atoms with Gasteiger partial charge in [0.1, 0.15) is 0 Å². The minimum Gasteiger partial charge on any atom is -0.369 e. The molecule has 3 N–H and O–H groups in total. The number of nitrogens with one attached hydrogen (secondary N) is 1. The third-order valence-corrected chi connectivity index (χ3v) is 3.38. The van der Waals surface area contributed by atoms with Gasteiger partial charge in [0.2, 0.25) is 5.91 Å². The van der Waals surface area contributed by atoms with Crippen LogP contribution in [0.1, 0.15) is 43.7 Å². The van der Waals surface area contributed by atoms with Crippen LogP contribution in [0.5, 0.6) is 0 Å². The maximum atomic E-state index is 11.5. The molecule has 0 bridgehead atoms. The van der Waals surface area contributed by atoms with Crippen LogP contribution in [0.25, 0.3) is 0 Å². The van der Waals surface area contributed by atoms with Gasteiger partial charge in [0.05, 0.1) is 5.92 Å². The van der Waals surface area contributed by atoms with Gasteiger partial charge in [0.15, 0.2) is 0 Å². The Morgan fingerprint density at radius 2 is 2.13 bits per heavy atom. The third-order valence-electron chi connectivity index (χ3n) is 3.38. The largest absolute Gasteiger partial charge is 0.369 e. The SMILES string of the molecule is NC(=O)C(c1ccc[nH]1)C1CCCCC1. The molecule has 1 aliphatic carbocycles. The van der Waals surface area contributed by atoms with Crippen LogP contribution in [0.15, 0.2) is 18.3 Å². The number of H-pyrrole nitrogens is 1. The zero-order chi connectivity index (χ0) is 10.7. The van der Waals surface area contributed by atoms with E-state index in [1.807, 2.05) is 18.3 Å². The molecule has 1 atom stereocenters. The molecule has 3 heteroatoms. The Bertz CT molecular complexity index is 312. The summed E-state index contributed by atoms with van der Waals surface area (Å²) in [6.07, 6.45) is 7.88. The van der Waals surface area contributed by atoms with Crippen molar-refractivity contribution in [2.75, 3.05) is 0 Å². The molecule has 1 aromatic rings. The normalized spacial score (nSPS) is 20.0. The van der Waals surface area contributed by atoms with Gasteiger partial charge < -0.3 is 10.7 Å². The third kappa shape index (κ3) is 2.22. The summed E-state index contributed by atoms with van der Waals surface area (Å²) in [7, 11) is 0. The second-order valence-corrected chi connectivity index (χ2v) is 4.40. The van der Waals surface area contributed by atoms with Crippen molar-refractivity contribution in [3.63, 3.8) is 0 Å². The molecule has 1 amide bonds. The number of amides is 1. The van der Waals surface area contributed by atoms with Gasteiger partial charge >= 0.3 is 0 Å². The van der Waals surface area contributed by atoms with E-state index in [9.17, 15) is 4.79 Å². The standard InChI is InChI=1S/C12H18N2O/c13-12(15)11(10-7-4-8-14-10)9-5-2-1-3-6-9/h4,7-9,11,14H,1-3,5-6H2,(H2,13,15). The first kappa shape index (κ1) is 10.3. The molecule has 1 unspecified atom stereocenters. The van der Waals surface area contributed by atoms with Crippen LogP contribution in [0.3, 0.4) is 0 Å². The van der Waals surface area contributed by atoms with Gasteiger partial charge in [-0.3, -0.25) is 4.79 Å². The summed E-state index contributed by atoms with van der Waals surface area (Å²) < 4.78 is 0. The zero-order valence-electron chi connectivity index (χ0n) is 8.91. The first-order valence-corrected chi connectivity index (χ1v) is 5.71. The molecule has 3 nitrogen and oxygen atoms in total. The Hall–Kier alpha value is -1.25. The van der Waals surface area contributed by atoms with Crippen LogP contribution in [-0.4, -0.2) is 10.9 Å². The van der Waals surface area contributed by atoms with Crippen molar-refractivity contribution in [2.24, 2.45) is 11.7 Å². The van der Waals surface area contributed by atoms with Crippen molar-refractivity contribution in [3.05, 3.63) is 24.0 Å². The number of carbonyl (C=O) groups excluding carboxylic acids is 1. The molecular weight excluding hydrogens is 188 g/mol. The quantitative estimate of drug-likeness (QED) is 0.782. The molecule has 2 rings (SSSR count). The van der Waals surface area contributed by atoms with Gasteiger partial charge in [-0.05, 0) is 30.9 Å². The van der Waals surface area contributed by atoms with Crippen molar-refractivity contribution in [2.45, 2.75) is 38.0 Å². The number of hydrogen-bond acceptors (Lipinski definition) is 1. The average molecular weight is 206 g/mol. The molecule has 0 aromatic carbocycles. The summed E-state index contributed by atoms with van der Waals surface area (Å²) in [5.74, 6) is 0.138. The van der Waals surface area contributed by atoms with Gasteiger partial charge in [-0.1, -0.05) is 19.3 Å². The molecule has 0 aliphatic heterocycles. The topological polar surface area (TPSA) is 58.9 Å². The van der Waals surface area contributed by atoms with Gasteiger partial charge in [0.25, 0.3) is 0 Å². The summed E-state index contributed by atoms with van der Waals surface area (Å²) in [5, 5.41) is 0. The van der Waals surface area contributed by atoms with E-state index in [0.717, 1.165) is 18.5 Å². The molecule has 1 heterocycles. The minimum absolute atomic E-state index is 0.111. The second-order valence-electron chi connectivity index (χ2n) is 4.40. The fourth-order valence-electron chi connectivity index (χ4n) is 2.64. The Morgan fingerprint density at radius 1 is 1.40 bits per heavy atom. The van der Waals surface area contributed by atoms with Gasteiger partial charge in [-0.15, -0.1) is 0 Å². The van der Waals surface area contributed by atoms with E-state index < -0.39 is 0 Å². The highest BCUT2D eigenvalue weighted by Crippen LogP contribution is 2.35. The number of aromatic amines is 1. The molecule has 1 fully saturated rings. The van der Waals surface area contributed by atoms with Crippen LogP contribution >= 0.6 is 0 Å². The predicted molar refractivity (Wildman–Crippen MR) is 59.3 cm³/mol. The molecule has 15 heavy (non-hydrogen) atoms. The van der Waals surface area contributed by atoms with Gasteiger partial charge in [-0.2, -0.15) is 0 Å². The summed E-state index contributed by atoms with van der Waals surface area (Å²) in [4.78, 5) is 14.6. The lowest BCUT2D eigenvalue weighted by Crippen LogP contribution is -2.29. The van der Waals surface area contributed by atoms with Crippen LogP contribution < -0.4 is 5.73 Å². The zero-order valence-corrected chi connectivity index (χ0v) is 8.91. The van der Waals surface area contributed by atoms with E-state index in [1.54, 1.807) is 0 Å². The summed E-state index contributed by atoms with van der Waals surface area (Å²) in [6, 6.07) is 3.89. The number of rotatable bonds is 3. The molecule has 1 aliphatic rings. The van der Waals surface area contributed by atoms with Gasteiger partial charge in [0, 0.05) is 11.9 Å². The molecule has 82 valence electrons. The molecule has 0 saturated heterocycles. The molecule has 1 saturated carbocycles. The molecule has 1 aromatic heterocycles. The van der Waals surface area contributed by atoms with E-state index >= 15 is 0 Å². The Labute approximate surface area is 90.1 Å². The monoisotopic (exact) mass is 206 g/mol. The molecule has 0 radical (unpaired) electrons. The van der Waals surface area contributed by atoms with Crippen molar-refractivity contribution in [1.29, 1.82) is 0 Å². The van der Waals surface area contributed by atoms with E-state index in [-0.39, 0.29) is 11.8 Å². The lowest BCUT2D eigenvalue weighted by atomic mass is 9.78. The van der Waals surface area contributed by atoms with E-state index in [2.05, 4.69) is 4.98 Å². The van der Waals surface area contributed by atoms with Crippen molar-refractivity contribution < 1.29 is 4.79 Å². The fourth-order valence-corrected chi connectivity index (χ4v) is 2.64. The molecule has 0 spiro atoms. The fraction of sp³-hybridized carbons (Fsp3) is 0.583. The maximum Gasteiger partial charge on any atom is 0.226 e. The van der Waals surface area contributed by atoms with Crippen molar-refractivity contribution in [3.8, 4) is 0 Å². The summed E-state index contributed by atoms with van der Waals surface area (Å²) in [5.41, 5.74) is 6.48. The Balaban J connectivity index is 2.15. The number of aromatic nitrogens is 1. The highest BCUT2D eigenvalue weighted by atomic mass is 16.1. The number of nitrogens with two attached hydrogens (primary N) is 1. The van der Waals surface area contributed by atoms with Crippen LogP contribution in [0, 0.1) is 5.92 Å². The maximum absolute atomic E-state index is 11.5. The highest BCUT2D eigenvalue weighted by Gasteiger charge is 2.29. The van der Waals surface area contributed by atoms with Crippen molar-refractivity contribution in [1.82, 2.24) is 4.98 Å². The Morgan fingerprint density at radius 3 is 2.67 bits per heavy atom. The second kappa shape index (κ2) is 4.51. The summed E-state index contributed by atoms with van der Waals surface area (Å²) >= 11 is 0. The van der Waals surface area contributed by atoms with E-state index in [0.29, 0.717) is 5.92 Å². The van der Waals surface area contributed by atoms with Crippen LogP contribution in [0.2, 0.25) is 0 Å². The van der Waals surface area contributed by atoms with Crippen LogP contribution in [-0.2, 0) is 4.79 Å². The first-order chi connectivity index (χ1) is 7.29. The lowest BCUT2D eigenvalue weighted by molar-refractivity contribution is -0.121.